The highest BCUT2D eigenvalue weighted by atomic mass is 79.9. The van der Waals surface area contributed by atoms with E-state index in [-0.39, 0.29) is 13.2 Å². The average molecular weight is 530 g/mol. The van der Waals surface area contributed by atoms with Gasteiger partial charge in [0.15, 0.2) is 0 Å². The van der Waals surface area contributed by atoms with Crippen LogP contribution >= 0.6 is 31.9 Å². The SMILES string of the molecule is CC(COC(=O)/C=C/C(=O)OCC(C)OC(=O)C(C)(C)Br)OC(=O)C(C)(C)Br. The molecule has 28 heavy (non-hydrogen) atoms. The lowest BCUT2D eigenvalue weighted by Gasteiger charge is -2.19. The Morgan fingerprint density at radius 2 is 1.04 bits per heavy atom. The lowest BCUT2D eigenvalue weighted by atomic mass is 10.2. The standard InChI is InChI=1S/C18H26Br2O8/c1-11(27-15(23)17(3,4)19)9-25-13(21)7-8-14(22)26-10-12(2)28-16(24)18(5,6)20/h7-8,11-12H,9-10H2,1-6H3/b8-7+. The highest BCUT2D eigenvalue weighted by molar-refractivity contribution is 9.10. The smallest absolute Gasteiger partial charge is 0.331 e. The molecule has 0 aromatic heterocycles. The third-order valence-corrected chi connectivity index (χ3v) is 3.51. The van der Waals surface area contributed by atoms with Crippen molar-refractivity contribution in [2.45, 2.75) is 62.4 Å². The second kappa shape index (κ2) is 11.5. The Morgan fingerprint density at radius 1 is 0.750 bits per heavy atom. The zero-order valence-corrected chi connectivity index (χ0v) is 19.9. The highest BCUT2D eigenvalue weighted by Crippen LogP contribution is 2.19. The minimum absolute atomic E-state index is 0.164. The van der Waals surface area contributed by atoms with Crippen molar-refractivity contribution in [2.75, 3.05) is 13.2 Å². The lowest BCUT2D eigenvalue weighted by Crippen LogP contribution is -2.32. The number of esters is 4. The molecule has 0 heterocycles. The van der Waals surface area contributed by atoms with E-state index in [1.54, 1.807) is 41.5 Å². The molecule has 0 rings (SSSR count). The molecular weight excluding hydrogens is 504 g/mol. The van der Waals surface area contributed by atoms with Crippen molar-refractivity contribution in [1.29, 1.82) is 0 Å². The second-order valence-corrected chi connectivity index (χ2v) is 10.9. The van der Waals surface area contributed by atoms with Crippen LogP contribution in [0.2, 0.25) is 0 Å². The largest absolute Gasteiger partial charge is 0.459 e. The topological polar surface area (TPSA) is 105 Å². The van der Waals surface area contributed by atoms with E-state index >= 15 is 0 Å². The summed E-state index contributed by atoms with van der Waals surface area (Å²) in [6.07, 6.45) is 0.485. The number of carbonyl (C=O) groups excluding carboxylic acids is 4. The Bertz CT molecular complexity index is 550. The quantitative estimate of drug-likeness (QED) is 0.184. The van der Waals surface area contributed by atoms with Crippen molar-refractivity contribution in [2.24, 2.45) is 0 Å². The lowest BCUT2D eigenvalue weighted by molar-refractivity contribution is -0.157. The predicted octanol–water partition coefficient (Wildman–Crippen LogP) is 2.84. The normalized spacial score (nSPS) is 14.1. The predicted molar refractivity (Wildman–Crippen MR) is 108 cm³/mol. The van der Waals surface area contributed by atoms with Crippen LogP contribution in [-0.2, 0) is 38.1 Å². The van der Waals surface area contributed by atoms with E-state index in [0.717, 1.165) is 12.2 Å². The van der Waals surface area contributed by atoms with E-state index in [1.165, 1.54) is 0 Å². The number of hydrogen-bond donors (Lipinski definition) is 0. The Kier molecular flexibility index (Phi) is 11.0. The number of ether oxygens (including phenoxy) is 4. The summed E-state index contributed by atoms with van der Waals surface area (Å²) in [5.41, 5.74) is 0. The zero-order chi connectivity index (χ0) is 22.1. The fourth-order valence-electron chi connectivity index (χ4n) is 1.35. The molecular formula is C18H26Br2O8. The molecule has 0 saturated heterocycles. The van der Waals surface area contributed by atoms with Crippen LogP contribution in [0.25, 0.3) is 0 Å². The van der Waals surface area contributed by atoms with Crippen LogP contribution in [0.3, 0.4) is 0 Å². The molecule has 0 fully saturated rings. The van der Waals surface area contributed by atoms with Gasteiger partial charge >= 0.3 is 23.9 Å². The first-order valence-electron chi connectivity index (χ1n) is 8.44. The maximum Gasteiger partial charge on any atom is 0.331 e. The molecule has 0 bridgehead atoms. The van der Waals surface area contributed by atoms with Gasteiger partial charge in [0.25, 0.3) is 0 Å². The monoisotopic (exact) mass is 528 g/mol. The zero-order valence-electron chi connectivity index (χ0n) is 16.7. The van der Waals surface area contributed by atoms with Crippen molar-refractivity contribution in [3.63, 3.8) is 0 Å². The Morgan fingerprint density at radius 3 is 1.29 bits per heavy atom. The molecule has 0 saturated carbocycles. The second-order valence-electron chi connectivity index (χ2n) is 6.97. The molecule has 8 nitrogen and oxygen atoms in total. The van der Waals surface area contributed by atoms with Crippen LogP contribution in [0.1, 0.15) is 41.5 Å². The fourth-order valence-corrected chi connectivity index (χ4v) is 1.53. The Labute approximate surface area is 181 Å². The van der Waals surface area contributed by atoms with Gasteiger partial charge in [0, 0.05) is 12.2 Å². The molecule has 0 radical (unpaired) electrons. The number of rotatable bonds is 10. The Balaban J connectivity index is 4.22. The van der Waals surface area contributed by atoms with Crippen LogP contribution in [0.15, 0.2) is 12.2 Å². The summed E-state index contributed by atoms with van der Waals surface area (Å²) in [7, 11) is 0. The number of carbonyl (C=O) groups is 4. The van der Waals surface area contributed by atoms with Crippen molar-refractivity contribution >= 4 is 55.7 Å². The molecule has 2 unspecified atom stereocenters. The first-order chi connectivity index (χ1) is 12.6. The Hall–Kier alpha value is -1.42. The number of alkyl halides is 2. The van der Waals surface area contributed by atoms with Gasteiger partial charge in [-0.05, 0) is 41.5 Å². The minimum Gasteiger partial charge on any atom is -0.459 e. The van der Waals surface area contributed by atoms with Crippen molar-refractivity contribution in [3.05, 3.63) is 12.2 Å². The molecule has 0 aromatic rings. The summed E-state index contributed by atoms with van der Waals surface area (Å²) in [5.74, 6) is -2.57. The summed E-state index contributed by atoms with van der Waals surface area (Å²) in [6, 6.07) is 0. The fraction of sp³-hybridized carbons (Fsp3) is 0.667. The van der Waals surface area contributed by atoms with Crippen molar-refractivity contribution in [1.82, 2.24) is 0 Å². The van der Waals surface area contributed by atoms with Gasteiger partial charge in [-0.15, -0.1) is 0 Å². The molecule has 10 heteroatoms. The molecule has 160 valence electrons. The first-order valence-corrected chi connectivity index (χ1v) is 10.0. The van der Waals surface area contributed by atoms with Crippen LogP contribution in [0, 0.1) is 0 Å². The van der Waals surface area contributed by atoms with Gasteiger partial charge in [-0.2, -0.15) is 0 Å². The van der Waals surface area contributed by atoms with E-state index < -0.39 is 44.7 Å². The maximum atomic E-state index is 11.7. The number of halogens is 2. The molecule has 0 amide bonds. The summed E-state index contributed by atoms with van der Waals surface area (Å²) in [4.78, 5) is 46.5. The first kappa shape index (κ1) is 26.6. The van der Waals surface area contributed by atoms with Crippen LogP contribution < -0.4 is 0 Å². The molecule has 0 N–H and O–H groups in total. The van der Waals surface area contributed by atoms with E-state index in [4.69, 9.17) is 18.9 Å². The molecule has 0 aliphatic rings. The van der Waals surface area contributed by atoms with Crippen LogP contribution in [0.4, 0.5) is 0 Å². The van der Waals surface area contributed by atoms with Gasteiger partial charge in [0.05, 0.1) is 0 Å². The van der Waals surface area contributed by atoms with E-state index in [2.05, 4.69) is 31.9 Å². The molecule has 2 atom stereocenters. The third kappa shape index (κ3) is 12.1. The summed E-state index contributed by atoms with van der Waals surface area (Å²) >= 11 is 6.33. The van der Waals surface area contributed by atoms with Gasteiger partial charge in [0.1, 0.15) is 34.1 Å². The van der Waals surface area contributed by atoms with Gasteiger partial charge in [-0.25, -0.2) is 9.59 Å². The summed E-state index contributed by atoms with van der Waals surface area (Å²) in [5, 5.41) is 0. The molecule has 0 aliphatic heterocycles. The van der Waals surface area contributed by atoms with Gasteiger partial charge in [0.2, 0.25) is 0 Å². The highest BCUT2D eigenvalue weighted by Gasteiger charge is 2.28. The van der Waals surface area contributed by atoms with Gasteiger partial charge in [-0.3, -0.25) is 9.59 Å². The number of hydrogen-bond acceptors (Lipinski definition) is 8. The van der Waals surface area contributed by atoms with Crippen LogP contribution in [-0.4, -0.2) is 57.9 Å². The molecule has 0 aliphatic carbocycles. The molecule has 0 spiro atoms. The third-order valence-electron chi connectivity index (χ3n) is 2.86. The average Bonchev–Trinajstić information content (AvgIpc) is 2.54. The summed E-state index contributed by atoms with van der Waals surface area (Å²) in [6.45, 7) is 9.33. The van der Waals surface area contributed by atoms with E-state index in [1.807, 2.05) is 0 Å². The van der Waals surface area contributed by atoms with E-state index in [9.17, 15) is 19.2 Å². The minimum atomic E-state index is -0.843. The van der Waals surface area contributed by atoms with Gasteiger partial charge < -0.3 is 18.9 Å². The molecule has 0 aromatic carbocycles. The van der Waals surface area contributed by atoms with Crippen molar-refractivity contribution in [3.8, 4) is 0 Å². The van der Waals surface area contributed by atoms with Crippen LogP contribution in [0.5, 0.6) is 0 Å². The van der Waals surface area contributed by atoms with Crippen molar-refractivity contribution < 1.29 is 38.1 Å². The van der Waals surface area contributed by atoms with E-state index in [0.29, 0.717) is 0 Å². The van der Waals surface area contributed by atoms with Gasteiger partial charge in [-0.1, -0.05) is 31.9 Å². The summed E-state index contributed by atoms with van der Waals surface area (Å²) < 4.78 is 18.3. The maximum absolute atomic E-state index is 11.7.